The lowest BCUT2D eigenvalue weighted by Gasteiger charge is -2.36. The van der Waals surface area contributed by atoms with Gasteiger partial charge in [-0.3, -0.25) is 9.59 Å². The van der Waals surface area contributed by atoms with Gasteiger partial charge in [-0.25, -0.2) is 5.10 Å². The van der Waals surface area contributed by atoms with Crippen LogP contribution in [0.15, 0.2) is 4.79 Å². The molecule has 3 N–H and O–H groups in total. The van der Waals surface area contributed by atoms with E-state index in [4.69, 9.17) is 10.5 Å². The highest BCUT2D eigenvalue weighted by molar-refractivity contribution is 6.06. The van der Waals surface area contributed by atoms with Crippen LogP contribution in [0.5, 0.6) is 5.75 Å². The van der Waals surface area contributed by atoms with Crippen LogP contribution >= 0.6 is 0 Å². The number of methoxy groups -OCH3 is 1. The second kappa shape index (κ2) is 4.75. The van der Waals surface area contributed by atoms with E-state index in [0.717, 1.165) is 0 Å². The number of amides is 1. The van der Waals surface area contributed by atoms with E-state index >= 15 is 0 Å². The van der Waals surface area contributed by atoms with Crippen molar-refractivity contribution in [1.29, 1.82) is 0 Å². The highest BCUT2D eigenvalue weighted by Gasteiger charge is 2.37. The summed E-state index contributed by atoms with van der Waals surface area (Å²) >= 11 is 0. The molecule has 0 saturated carbocycles. The molecule has 2 aromatic heterocycles. The molecule has 8 heteroatoms. The standard InChI is InChI=1S/C14H19N5O3/c1-6(2)18-5-7(3)19-9-8(13(20)17-16-12(9)15)11(22-4)10(19)14(18)21/h6-7H,5H2,1-4H3,(H2,15,16)(H,17,20). The van der Waals surface area contributed by atoms with E-state index in [1.807, 2.05) is 20.8 Å². The zero-order valence-corrected chi connectivity index (χ0v) is 13.0. The summed E-state index contributed by atoms with van der Waals surface area (Å²) in [6, 6.07) is 0.0209. The van der Waals surface area contributed by atoms with E-state index in [-0.39, 0.29) is 34.9 Å². The second-order valence-electron chi connectivity index (χ2n) is 5.81. The average molecular weight is 305 g/mol. The molecule has 0 bridgehead atoms. The van der Waals surface area contributed by atoms with Gasteiger partial charge in [-0.05, 0) is 20.8 Å². The lowest BCUT2D eigenvalue weighted by Crippen LogP contribution is -2.45. The van der Waals surface area contributed by atoms with Crippen molar-refractivity contribution in [1.82, 2.24) is 19.7 Å². The predicted molar refractivity (Wildman–Crippen MR) is 82.2 cm³/mol. The number of hydrogen-bond donors (Lipinski definition) is 2. The fraction of sp³-hybridized carbons (Fsp3) is 0.500. The van der Waals surface area contributed by atoms with E-state index in [0.29, 0.717) is 17.8 Å². The Hall–Kier alpha value is -2.51. The van der Waals surface area contributed by atoms with Gasteiger partial charge in [0.1, 0.15) is 10.9 Å². The summed E-state index contributed by atoms with van der Waals surface area (Å²) in [5.41, 5.74) is 6.33. The first-order valence-electron chi connectivity index (χ1n) is 7.15. The van der Waals surface area contributed by atoms with Crippen molar-refractivity contribution in [3.63, 3.8) is 0 Å². The van der Waals surface area contributed by atoms with Gasteiger partial charge >= 0.3 is 0 Å². The molecule has 3 rings (SSSR count). The maximum Gasteiger partial charge on any atom is 0.277 e. The fourth-order valence-corrected chi connectivity index (χ4v) is 3.12. The third kappa shape index (κ3) is 1.73. The van der Waals surface area contributed by atoms with E-state index in [1.165, 1.54) is 7.11 Å². The molecule has 1 unspecified atom stereocenters. The van der Waals surface area contributed by atoms with Crippen LogP contribution in [0.4, 0.5) is 5.82 Å². The largest absolute Gasteiger partial charge is 0.493 e. The van der Waals surface area contributed by atoms with Gasteiger partial charge in [0.25, 0.3) is 11.5 Å². The van der Waals surface area contributed by atoms with Crippen molar-refractivity contribution in [3.8, 4) is 5.75 Å². The monoisotopic (exact) mass is 305 g/mol. The van der Waals surface area contributed by atoms with E-state index in [9.17, 15) is 9.59 Å². The van der Waals surface area contributed by atoms with Gasteiger partial charge in [0.15, 0.2) is 17.3 Å². The normalized spacial score (nSPS) is 18.1. The first-order chi connectivity index (χ1) is 10.4. The topological polar surface area (TPSA) is 106 Å². The van der Waals surface area contributed by atoms with E-state index in [1.54, 1.807) is 9.47 Å². The molecule has 3 heterocycles. The number of aromatic nitrogens is 3. The lowest BCUT2D eigenvalue weighted by atomic mass is 10.1. The van der Waals surface area contributed by atoms with E-state index in [2.05, 4.69) is 10.2 Å². The Balaban J connectivity index is 2.44. The molecule has 1 atom stereocenters. The average Bonchev–Trinajstić information content (AvgIpc) is 2.83. The molecule has 1 amide bonds. The molecule has 22 heavy (non-hydrogen) atoms. The highest BCUT2D eigenvalue weighted by atomic mass is 16.5. The summed E-state index contributed by atoms with van der Waals surface area (Å²) in [6.07, 6.45) is 0. The molecule has 0 saturated heterocycles. The summed E-state index contributed by atoms with van der Waals surface area (Å²) in [5, 5.41) is 6.43. The quantitative estimate of drug-likeness (QED) is 0.851. The minimum atomic E-state index is -0.418. The van der Waals surface area contributed by atoms with Crippen LogP contribution in [-0.4, -0.2) is 45.3 Å². The smallest absolute Gasteiger partial charge is 0.277 e. The van der Waals surface area contributed by atoms with Crippen molar-refractivity contribution in [2.45, 2.75) is 32.9 Å². The Kier molecular flexibility index (Phi) is 3.12. The molecule has 118 valence electrons. The molecule has 0 radical (unpaired) electrons. The van der Waals surface area contributed by atoms with E-state index < -0.39 is 5.56 Å². The molecule has 8 nitrogen and oxygen atoms in total. The maximum absolute atomic E-state index is 12.8. The Labute approximate surface area is 126 Å². The Morgan fingerprint density at radius 1 is 1.41 bits per heavy atom. The third-order valence-electron chi connectivity index (χ3n) is 4.10. The SMILES string of the molecule is COc1c2n(c3c(N)n[nH]c(=O)c13)C(C)CN(C(C)C)C2=O. The van der Waals surface area contributed by atoms with Crippen LogP contribution in [-0.2, 0) is 0 Å². The zero-order chi connectivity index (χ0) is 16.2. The van der Waals surface area contributed by atoms with Crippen LogP contribution in [0.3, 0.4) is 0 Å². The van der Waals surface area contributed by atoms with Crippen molar-refractivity contribution >= 4 is 22.6 Å². The van der Waals surface area contributed by atoms with Gasteiger partial charge in [0.2, 0.25) is 0 Å². The molecular formula is C14H19N5O3. The lowest BCUT2D eigenvalue weighted by molar-refractivity contribution is 0.0615. The number of fused-ring (bicyclic) bond motifs is 3. The number of hydrogen-bond acceptors (Lipinski definition) is 5. The summed E-state index contributed by atoms with van der Waals surface area (Å²) in [6.45, 7) is 6.43. The van der Waals surface area contributed by atoms with Crippen LogP contribution < -0.4 is 16.0 Å². The Morgan fingerprint density at radius 2 is 2.09 bits per heavy atom. The number of nitrogens with one attached hydrogen (secondary N) is 1. The first kappa shape index (κ1) is 14.4. The highest BCUT2D eigenvalue weighted by Crippen LogP contribution is 2.39. The fourth-order valence-electron chi connectivity index (χ4n) is 3.12. The van der Waals surface area contributed by atoms with Crippen LogP contribution in [0, 0.1) is 0 Å². The number of carbonyl (C=O) groups excluding carboxylic acids is 1. The van der Waals surface area contributed by atoms with Crippen LogP contribution in [0.1, 0.15) is 37.3 Å². The first-order valence-corrected chi connectivity index (χ1v) is 7.15. The molecule has 0 aliphatic carbocycles. The van der Waals surface area contributed by atoms with Gasteiger partial charge in [0, 0.05) is 18.6 Å². The van der Waals surface area contributed by atoms with Gasteiger partial charge in [0.05, 0.1) is 7.11 Å². The summed E-state index contributed by atoms with van der Waals surface area (Å²) in [7, 11) is 1.44. The number of H-pyrrole nitrogens is 1. The number of ether oxygens (including phenoxy) is 1. The number of nitrogen functional groups attached to an aromatic ring is 1. The van der Waals surface area contributed by atoms with Crippen LogP contribution in [0.2, 0.25) is 0 Å². The number of anilines is 1. The van der Waals surface area contributed by atoms with Crippen molar-refractivity contribution in [2.75, 3.05) is 19.4 Å². The molecule has 0 fully saturated rings. The molecule has 1 aliphatic rings. The second-order valence-corrected chi connectivity index (χ2v) is 5.81. The molecular weight excluding hydrogens is 286 g/mol. The zero-order valence-electron chi connectivity index (χ0n) is 13.0. The molecule has 1 aliphatic heterocycles. The maximum atomic E-state index is 12.8. The van der Waals surface area contributed by atoms with Crippen molar-refractivity contribution < 1.29 is 9.53 Å². The number of rotatable bonds is 2. The molecule has 0 spiro atoms. The van der Waals surface area contributed by atoms with Crippen molar-refractivity contribution in [3.05, 3.63) is 16.0 Å². The number of carbonyl (C=O) groups is 1. The number of nitrogens with two attached hydrogens (primary N) is 1. The minimum absolute atomic E-state index is 0.0348. The number of nitrogens with zero attached hydrogens (tertiary/aromatic N) is 3. The predicted octanol–water partition coefficient (Wildman–Crippen LogP) is 0.741. The summed E-state index contributed by atoms with van der Waals surface area (Å²) < 4.78 is 7.15. The Bertz CT molecular complexity index is 820. The summed E-state index contributed by atoms with van der Waals surface area (Å²) in [5.74, 6) is 0.268. The van der Waals surface area contributed by atoms with Gasteiger partial charge in [-0.15, -0.1) is 0 Å². The van der Waals surface area contributed by atoms with Crippen LogP contribution in [0.25, 0.3) is 10.9 Å². The molecule has 2 aromatic rings. The third-order valence-corrected chi connectivity index (χ3v) is 4.10. The van der Waals surface area contributed by atoms with Gasteiger partial charge in [-0.2, -0.15) is 5.10 Å². The number of aromatic amines is 1. The minimum Gasteiger partial charge on any atom is -0.493 e. The van der Waals surface area contributed by atoms with Crippen molar-refractivity contribution in [2.24, 2.45) is 0 Å². The van der Waals surface area contributed by atoms with Gasteiger partial charge in [-0.1, -0.05) is 0 Å². The molecule has 0 aromatic carbocycles. The summed E-state index contributed by atoms with van der Waals surface area (Å²) in [4.78, 5) is 26.8. The Morgan fingerprint density at radius 3 is 2.68 bits per heavy atom. The van der Waals surface area contributed by atoms with Gasteiger partial charge < -0.3 is 19.9 Å².